The van der Waals surface area contributed by atoms with Gasteiger partial charge in [0, 0.05) is 16.6 Å². The van der Waals surface area contributed by atoms with Gasteiger partial charge in [-0.05, 0) is 67.6 Å². The Kier molecular flexibility index (Phi) is 4.64. The number of allylic oxidation sites excluding steroid dienone is 1. The van der Waals surface area contributed by atoms with E-state index < -0.39 is 0 Å². The molecule has 3 heteroatoms. The first-order valence-corrected chi connectivity index (χ1v) is 9.33. The van der Waals surface area contributed by atoms with Crippen molar-refractivity contribution >= 4 is 29.8 Å². The fraction of sp³-hybridized carbons (Fsp3) is 0.524. The molecule has 2 unspecified atom stereocenters. The zero-order chi connectivity index (χ0) is 17.6. The predicted molar refractivity (Wildman–Crippen MR) is 106 cm³/mol. The Balaban J connectivity index is 2.30. The molecule has 1 saturated carbocycles. The van der Waals surface area contributed by atoms with Crippen molar-refractivity contribution in [2.45, 2.75) is 65.7 Å². The van der Waals surface area contributed by atoms with E-state index in [2.05, 4.69) is 32.3 Å². The van der Waals surface area contributed by atoms with Gasteiger partial charge >= 0.3 is 0 Å². The number of aromatic nitrogens is 1. The normalized spacial score (nSPS) is 21.4. The minimum atomic E-state index is 0.00403. The van der Waals surface area contributed by atoms with Gasteiger partial charge < -0.3 is 4.98 Å². The van der Waals surface area contributed by atoms with Crippen molar-refractivity contribution in [1.82, 2.24) is 4.98 Å². The molecule has 0 radical (unpaired) electrons. The van der Waals surface area contributed by atoms with Crippen LogP contribution in [0.15, 0.2) is 6.58 Å². The number of hydrogen-bond acceptors (Lipinski definition) is 0. The Morgan fingerprint density at radius 2 is 2.04 bits per heavy atom. The summed E-state index contributed by atoms with van der Waals surface area (Å²) in [6, 6.07) is 0. The molecule has 0 saturated heterocycles. The Hall–Kier alpha value is -1.51. The van der Waals surface area contributed by atoms with Gasteiger partial charge in [0.15, 0.2) is 0 Å². The van der Waals surface area contributed by atoms with Crippen LogP contribution in [0.1, 0.15) is 74.3 Å². The van der Waals surface area contributed by atoms with Gasteiger partial charge in [0.2, 0.25) is 0 Å². The predicted octanol–water partition coefficient (Wildman–Crippen LogP) is 4.90. The average Bonchev–Trinajstić information content (AvgIpc) is 2.83. The second-order valence-electron chi connectivity index (χ2n) is 7.77. The highest BCUT2D eigenvalue weighted by molar-refractivity contribution is 6.36. The summed E-state index contributed by atoms with van der Waals surface area (Å²) >= 11 is 0. The summed E-state index contributed by atoms with van der Waals surface area (Å²) in [5, 5.41) is 1.12. The lowest BCUT2D eigenvalue weighted by atomic mass is 9.73. The quantitative estimate of drug-likeness (QED) is 0.773. The summed E-state index contributed by atoms with van der Waals surface area (Å²) in [5.41, 5.74) is 7.04. The third-order valence-corrected chi connectivity index (χ3v) is 6.16. The van der Waals surface area contributed by atoms with Crippen molar-refractivity contribution in [3.63, 3.8) is 0 Å². The van der Waals surface area contributed by atoms with Crippen LogP contribution in [0.25, 0.3) is 16.5 Å². The number of hydrogen-bond donors (Lipinski definition) is 1. The van der Waals surface area contributed by atoms with Crippen LogP contribution in [-0.4, -0.2) is 12.8 Å². The van der Waals surface area contributed by atoms with Crippen LogP contribution in [0.2, 0.25) is 0 Å². The SMILES string of the molecule is Bc1c(F)c(C2CCCC(CC)C2)c2c(C)c(C)[nH]c2c1C(=C)C. The first kappa shape index (κ1) is 17.3. The molecular formula is C21H29BFN. The van der Waals surface area contributed by atoms with E-state index in [0.29, 0.717) is 5.92 Å². The molecule has 1 fully saturated rings. The molecular weight excluding hydrogens is 296 g/mol. The number of H-pyrrole nitrogens is 1. The fourth-order valence-electron chi connectivity index (χ4n) is 4.69. The van der Waals surface area contributed by atoms with Gasteiger partial charge in [-0.2, -0.15) is 0 Å². The second kappa shape index (κ2) is 6.42. The van der Waals surface area contributed by atoms with E-state index in [4.69, 9.17) is 0 Å². The first-order chi connectivity index (χ1) is 11.4. The summed E-state index contributed by atoms with van der Waals surface area (Å²) in [6.45, 7) is 12.5. The highest BCUT2D eigenvalue weighted by Gasteiger charge is 2.29. The minimum absolute atomic E-state index is 0.00403. The molecule has 0 bridgehead atoms. The van der Waals surface area contributed by atoms with E-state index in [1.165, 1.54) is 24.8 Å². The largest absolute Gasteiger partial charge is 0.358 e. The van der Waals surface area contributed by atoms with E-state index in [9.17, 15) is 0 Å². The smallest absolute Gasteiger partial charge is 0.144 e. The van der Waals surface area contributed by atoms with E-state index in [-0.39, 0.29) is 5.82 Å². The molecule has 2 atom stereocenters. The molecule has 3 rings (SSSR count). The van der Waals surface area contributed by atoms with Crippen molar-refractivity contribution in [1.29, 1.82) is 0 Å². The van der Waals surface area contributed by atoms with Gasteiger partial charge in [-0.3, -0.25) is 0 Å². The van der Waals surface area contributed by atoms with Crippen LogP contribution in [-0.2, 0) is 0 Å². The maximum atomic E-state index is 15.5. The van der Waals surface area contributed by atoms with Crippen LogP contribution >= 0.6 is 0 Å². The maximum Gasteiger partial charge on any atom is 0.144 e. The molecule has 0 amide bonds. The van der Waals surface area contributed by atoms with Crippen LogP contribution < -0.4 is 5.46 Å². The molecule has 1 aliphatic carbocycles. The Morgan fingerprint density at radius 3 is 2.67 bits per heavy atom. The van der Waals surface area contributed by atoms with Crippen molar-refractivity contribution in [2.24, 2.45) is 5.92 Å². The van der Waals surface area contributed by atoms with Crippen LogP contribution in [0.5, 0.6) is 0 Å². The van der Waals surface area contributed by atoms with Crippen molar-refractivity contribution in [3.8, 4) is 0 Å². The zero-order valence-corrected chi connectivity index (χ0v) is 15.8. The van der Waals surface area contributed by atoms with Gasteiger partial charge in [0.25, 0.3) is 0 Å². The standard InChI is InChI=1S/C21H29BFN/c1-6-14-8-7-9-15(10-14)18-17-12(4)13(5)24-21(17)16(11(2)3)19(22)20(18)23/h14-15,24H,2,6-10,22H2,1,3-5H3. The van der Waals surface area contributed by atoms with E-state index in [1.54, 1.807) is 0 Å². The van der Waals surface area contributed by atoms with Gasteiger partial charge in [0.1, 0.15) is 13.7 Å². The average molecular weight is 325 g/mol. The summed E-state index contributed by atoms with van der Waals surface area (Å²) in [6.07, 6.45) is 5.95. The molecule has 1 aromatic carbocycles. The lowest BCUT2D eigenvalue weighted by molar-refractivity contribution is 0.311. The van der Waals surface area contributed by atoms with Crippen molar-refractivity contribution in [2.75, 3.05) is 0 Å². The lowest BCUT2D eigenvalue weighted by Crippen LogP contribution is -2.22. The van der Waals surface area contributed by atoms with E-state index >= 15 is 4.39 Å². The fourth-order valence-corrected chi connectivity index (χ4v) is 4.69. The number of halogens is 1. The number of aryl methyl sites for hydroxylation is 2. The molecule has 2 aromatic rings. The number of aromatic amines is 1. The zero-order valence-electron chi connectivity index (χ0n) is 15.8. The number of benzene rings is 1. The van der Waals surface area contributed by atoms with E-state index in [0.717, 1.165) is 57.5 Å². The molecule has 128 valence electrons. The Morgan fingerprint density at radius 1 is 1.33 bits per heavy atom. The van der Waals surface area contributed by atoms with Gasteiger partial charge in [-0.25, -0.2) is 4.39 Å². The molecule has 0 aliphatic heterocycles. The molecule has 1 aromatic heterocycles. The summed E-state index contributed by atoms with van der Waals surface area (Å²) in [5.74, 6) is 1.09. The topological polar surface area (TPSA) is 15.8 Å². The summed E-state index contributed by atoms with van der Waals surface area (Å²) < 4.78 is 15.5. The highest BCUT2D eigenvalue weighted by atomic mass is 19.1. The molecule has 1 N–H and O–H groups in total. The van der Waals surface area contributed by atoms with Gasteiger partial charge in [-0.1, -0.05) is 32.8 Å². The minimum Gasteiger partial charge on any atom is -0.358 e. The lowest BCUT2D eigenvalue weighted by Gasteiger charge is -2.30. The summed E-state index contributed by atoms with van der Waals surface area (Å²) in [7, 11) is 1.91. The number of nitrogens with one attached hydrogen (secondary N) is 1. The molecule has 0 spiro atoms. The highest BCUT2D eigenvalue weighted by Crippen LogP contribution is 2.43. The summed E-state index contributed by atoms with van der Waals surface area (Å²) in [4.78, 5) is 3.52. The third kappa shape index (κ3) is 2.62. The Labute approximate surface area is 146 Å². The maximum absolute atomic E-state index is 15.5. The monoisotopic (exact) mass is 325 g/mol. The molecule has 1 heterocycles. The van der Waals surface area contributed by atoms with Gasteiger partial charge in [0.05, 0.1) is 5.52 Å². The third-order valence-electron chi connectivity index (χ3n) is 6.16. The van der Waals surface area contributed by atoms with Crippen LogP contribution in [0.3, 0.4) is 0 Å². The molecule has 24 heavy (non-hydrogen) atoms. The van der Waals surface area contributed by atoms with Crippen LogP contribution in [0, 0.1) is 25.6 Å². The second-order valence-corrected chi connectivity index (χ2v) is 7.77. The van der Waals surface area contributed by atoms with Crippen LogP contribution in [0.4, 0.5) is 4.39 Å². The van der Waals surface area contributed by atoms with Crippen molar-refractivity contribution < 1.29 is 4.39 Å². The number of fused-ring (bicyclic) bond motifs is 1. The number of rotatable bonds is 3. The molecule has 1 aliphatic rings. The molecule has 1 nitrogen and oxygen atoms in total. The van der Waals surface area contributed by atoms with Gasteiger partial charge in [-0.15, -0.1) is 0 Å². The van der Waals surface area contributed by atoms with Crippen molar-refractivity contribution in [3.05, 3.63) is 34.8 Å². The Bertz CT molecular complexity index is 802. The van der Waals surface area contributed by atoms with E-state index in [1.807, 2.05) is 14.8 Å². The first-order valence-electron chi connectivity index (χ1n) is 9.33.